The Balaban J connectivity index is 1.54. The zero-order valence-corrected chi connectivity index (χ0v) is 16.0. The van der Waals surface area contributed by atoms with Gasteiger partial charge in [0.1, 0.15) is 24.6 Å². The Hall–Kier alpha value is -2.79. The number of quaternary nitrogens is 1. The van der Waals surface area contributed by atoms with Crippen molar-refractivity contribution in [2.24, 2.45) is 0 Å². The maximum Gasteiger partial charge on any atom is 0.339 e. The number of fused-ring (bicyclic) bond motifs is 5. The van der Waals surface area contributed by atoms with Crippen LogP contribution in [0.25, 0.3) is 11.0 Å². The Labute approximate surface area is 163 Å². The van der Waals surface area contributed by atoms with Crippen LogP contribution in [0.2, 0.25) is 0 Å². The van der Waals surface area contributed by atoms with Gasteiger partial charge in [0.05, 0.1) is 12.7 Å². The molecule has 0 saturated carbocycles. The molecule has 5 nitrogen and oxygen atoms in total. The molecular formula is C23H24NO4+. The van der Waals surface area contributed by atoms with E-state index in [1.807, 2.05) is 24.3 Å². The summed E-state index contributed by atoms with van der Waals surface area (Å²) >= 11 is 0. The van der Waals surface area contributed by atoms with Crippen LogP contribution in [0.4, 0.5) is 0 Å². The highest BCUT2D eigenvalue weighted by Crippen LogP contribution is 2.33. The summed E-state index contributed by atoms with van der Waals surface area (Å²) in [5.74, 6) is 1.72. The van der Waals surface area contributed by atoms with Crippen molar-refractivity contribution < 1.29 is 18.8 Å². The summed E-state index contributed by atoms with van der Waals surface area (Å²) in [5.41, 5.74) is 4.73. The fraction of sp³-hybridized carbons (Fsp3) is 0.348. The molecule has 0 radical (unpaired) electrons. The quantitative estimate of drug-likeness (QED) is 0.712. The summed E-state index contributed by atoms with van der Waals surface area (Å²) < 4.78 is 17.4. The molecule has 5 heteroatoms. The molecule has 28 heavy (non-hydrogen) atoms. The van der Waals surface area contributed by atoms with Crippen LogP contribution in [0.15, 0.2) is 45.6 Å². The number of aryl methyl sites for hydroxylation is 1. The van der Waals surface area contributed by atoms with Crippen molar-refractivity contribution in [3.05, 3.63) is 69.1 Å². The normalized spacial score (nSPS) is 18.2. The molecule has 5 rings (SSSR count). The van der Waals surface area contributed by atoms with Gasteiger partial charge >= 0.3 is 5.63 Å². The van der Waals surface area contributed by atoms with E-state index in [4.69, 9.17) is 13.9 Å². The number of nitrogens with one attached hydrogen (secondary N) is 1. The summed E-state index contributed by atoms with van der Waals surface area (Å²) in [6.07, 6.45) is 3.97. The average molecular weight is 378 g/mol. The maximum absolute atomic E-state index is 12.6. The van der Waals surface area contributed by atoms with Crippen molar-refractivity contribution >= 4 is 11.0 Å². The topological polar surface area (TPSA) is 53.1 Å². The summed E-state index contributed by atoms with van der Waals surface area (Å²) in [7, 11) is 1.70. The van der Waals surface area contributed by atoms with Gasteiger partial charge in [-0.3, -0.25) is 4.90 Å². The smallest absolute Gasteiger partial charge is 0.339 e. The molecule has 0 bridgehead atoms. The highest BCUT2D eigenvalue weighted by molar-refractivity contribution is 5.86. The van der Waals surface area contributed by atoms with Gasteiger partial charge in [0.2, 0.25) is 6.73 Å². The van der Waals surface area contributed by atoms with E-state index in [2.05, 4.69) is 12.1 Å². The monoisotopic (exact) mass is 378 g/mol. The van der Waals surface area contributed by atoms with Crippen LogP contribution in [0.3, 0.4) is 0 Å². The molecule has 1 unspecified atom stereocenters. The average Bonchev–Trinajstić information content (AvgIpc) is 2.74. The first-order valence-electron chi connectivity index (χ1n) is 9.93. The number of ether oxygens (including phenoxy) is 2. The minimum Gasteiger partial charge on any atom is -0.496 e. The molecule has 144 valence electrons. The molecule has 0 saturated heterocycles. The van der Waals surface area contributed by atoms with Crippen LogP contribution in [-0.4, -0.2) is 13.8 Å². The lowest BCUT2D eigenvalue weighted by molar-refractivity contribution is -0.945. The number of methoxy groups -OCH3 is 1. The highest BCUT2D eigenvalue weighted by atomic mass is 16.5. The van der Waals surface area contributed by atoms with Gasteiger partial charge in [-0.25, -0.2) is 4.79 Å². The van der Waals surface area contributed by atoms with E-state index >= 15 is 0 Å². The van der Waals surface area contributed by atoms with Crippen molar-refractivity contribution in [1.29, 1.82) is 0 Å². The Morgan fingerprint density at radius 3 is 2.71 bits per heavy atom. The van der Waals surface area contributed by atoms with Crippen molar-refractivity contribution in [2.45, 2.75) is 38.8 Å². The first-order valence-corrected chi connectivity index (χ1v) is 9.93. The molecule has 2 aromatic carbocycles. The number of para-hydroxylation sites is 1. The van der Waals surface area contributed by atoms with E-state index in [1.165, 1.54) is 10.5 Å². The predicted molar refractivity (Wildman–Crippen MR) is 106 cm³/mol. The van der Waals surface area contributed by atoms with E-state index in [-0.39, 0.29) is 5.63 Å². The fourth-order valence-electron chi connectivity index (χ4n) is 4.56. The molecule has 1 N–H and O–H groups in total. The molecule has 0 fully saturated rings. The molecule has 1 atom stereocenters. The summed E-state index contributed by atoms with van der Waals surface area (Å²) in [4.78, 5) is 13.8. The Bertz CT molecular complexity index is 1100. The highest BCUT2D eigenvalue weighted by Gasteiger charge is 2.27. The molecule has 0 spiro atoms. The first kappa shape index (κ1) is 17.3. The van der Waals surface area contributed by atoms with E-state index in [0.717, 1.165) is 72.3 Å². The molecule has 0 amide bonds. The van der Waals surface area contributed by atoms with Gasteiger partial charge in [-0.2, -0.15) is 0 Å². The largest absolute Gasteiger partial charge is 0.496 e. The number of rotatable bonds is 3. The Morgan fingerprint density at radius 2 is 1.86 bits per heavy atom. The second-order valence-corrected chi connectivity index (χ2v) is 7.68. The molecular weight excluding hydrogens is 354 g/mol. The third kappa shape index (κ3) is 2.87. The van der Waals surface area contributed by atoms with E-state index in [9.17, 15) is 4.79 Å². The van der Waals surface area contributed by atoms with Crippen molar-refractivity contribution in [1.82, 2.24) is 0 Å². The Kier molecular flexibility index (Phi) is 4.32. The van der Waals surface area contributed by atoms with Crippen molar-refractivity contribution in [3.63, 3.8) is 0 Å². The van der Waals surface area contributed by atoms with Gasteiger partial charge in [-0.1, -0.05) is 12.1 Å². The third-order valence-corrected chi connectivity index (χ3v) is 5.94. The molecule has 3 aromatic rings. The fourth-order valence-corrected chi connectivity index (χ4v) is 4.56. The predicted octanol–water partition coefficient (Wildman–Crippen LogP) is 2.62. The summed E-state index contributed by atoms with van der Waals surface area (Å²) in [5, 5.41) is 1.08. The molecule has 1 aliphatic heterocycles. The third-order valence-electron chi connectivity index (χ3n) is 5.94. The molecule has 1 aliphatic carbocycles. The lowest BCUT2D eigenvalue weighted by atomic mass is 9.90. The number of hydrogen-bond acceptors (Lipinski definition) is 4. The summed E-state index contributed by atoms with van der Waals surface area (Å²) in [6.45, 7) is 2.12. The van der Waals surface area contributed by atoms with E-state index < -0.39 is 0 Å². The van der Waals surface area contributed by atoms with Gasteiger partial charge in [0.15, 0.2) is 5.58 Å². The van der Waals surface area contributed by atoms with Gasteiger partial charge in [0.25, 0.3) is 0 Å². The second-order valence-electron chi connectivity index (χ2n) is 7.68. The van der Waals surface area contributed by atoms with E-state index in [1.54, 1.807) is 7.11 Å². The lowest BCUT2D eigenvalue weighted by Crippen LogP contribution is -3.10. The van der Waals surface area contributed by atoms with Crippen LogP contribution in [0.5, 0.6) is 11.5 Å². The van der Waals surface area contributed by atoms with Crippen LogP contribution >= 0.6 is 0 Å². The summed E-state index contributed by atoms with van der Waals surface area (Å²) in [6, 6.07) is 12.2. The minimum absolute atomic E-state index is 0.174. The Morgan fingerprint density at radius 1 is 1.04 bits per heavy atom. The lowest BCUT2D eigenvalue weighted by Gasteiger charge is -2.27. The minimum atomic E-state index is -0.174. The standard InChI is InChI=1S/C23H23NO4/c1-26-20-9-5-2-6-15(20)12-24-13-19-21(27-14-24)11-10-17-16-7-3-4-8-18(16)23(25)28-22(17)19/h2,5-6,9-11H,3-4,7-8,12-14H2,1H3/p+1. The van der Waals surface area contributed by atoms with Gasteiger partial charge < -0.3 is 13.9 Å². The van der Waals surface area contributed by atoms with Crippen molar-refractivity contribution in [2.75, 3.05) is 13.8 Å². The zero-order valence-electron chi connectivity index (χ0n) is 16.0. The van der Waals surface area contributed by atoms with Crippen LogP contribution < -0.4 is 20.0 Å². The van der Waals surface area contributed by atoms with Gasteiger partial charge in [-0.05, 0) is 55.5 Å². The molecule has 1 aromatic heterocycles. The second kappa shape index (κ2) is 6.99. The maximum atomic E-state index is 12.6. The van der Waals surface area contributed by atoms with Gasteiger partial charge in [-0.15, -0.1) is 0 Å². The number of hydrogen-bond donors (Lipinski definition) is 1. The van der Waals surface area contributed by atoms with Crippen molar-refractivity contribution in [3.8, 4) is 11.5 Å². The molecule has 2 heterocycles. The van der Waals surface area contributed by atoms with Crippen LogP contribution in [-0.2, 0) is 25.9 Å². The van der Waals surface area contributed by atoms with Crippen LogP contribution in [0, 0.1) is 0 Å². The van der Waals surface area contributed by atoms with Gasteiger partial charge in [0, 0.05) is 16.5 Å². The first-order chi connectivity index (χ1) is 13.7. The van der Waals surface area contributed by atoms with E-state index in [0.29, 0.717) is 12.3 Å². The number of benzene rings is 2. The molecule has 2 aliphatic rings. The van der Waals surface area contributed by atoms with Crippen LogP contribution in [0.1, 0.15) is 35.1 Å². The zero-order chi connectivity index (χ0) is 19.1. The SMILES string of the molecule is COc1ccccc1C[NH+]1COc2ccc3c4c(c(=O)oc3c2C1)CCCC4.